The van der Waals surface area contributed by atoms with Crippen molar-refractivity contribution in [3.05, 3.63) is 114 Å². The third-order valence-electron chi connectivity index (χ3n) is 5.87. The van der Waals surface area contributed by atoms with E-state index in [2.05, 4.69) is 102 Å². The van der Waals surface area contributed by atoms with Crippen LogP contribution in [0.2, 0.25) is 0 Å². The van der Waals surface area contributed by atoms with Crippen molar-refractivity contribution in [3.8, 4) is 11.1 Å². The summed E-state index contributed by atoms with van der Waals surface area (Å²) in [6.45, 7) is 0.425. The lowest BCUT2D eigenvalue weighted by atomic mass is 10.0. The van der Waals surface area contributed by atoms with Gasteiger partial charge in [0.25, 0.3) is 0 Å². The molecule has 0 saturated heterocycles. The van der Waals surface area contributed by atoms with Crippen LogP contribution < -0.4 is 4.90 Å². The molecular formula is C30H31NO2. The maximum Gasteiger partial charge on any atom is 0.0462 e. The third-order valence-corrected chi connectivity index (χ3v) is 5.87. The predicted octanol–water partition coefficient (Wildman–Crippen LogP) is 6.67. The lowest BCUT2D eigenvalue weighted by molar-refractivity contribution is 0.288. The van der Waals surface area contributed by atoms with E-state index in [-0.39, 0.29) is 13.2 Å². The quantitative estimate of drug-likeness (QED) is 0.291. The Kier molecular flexibility index (Phi) is 7.91. The van der Waals surface area contributed by atoms with Gasteiger partial charge in [0, 0.05) is 30.3 Å². The summed E-state index contributed by atoms with van der Waals surface area (Å²) in [5.41, 5.74) is 8.14. The molecule has 2 N–H and O–H groups in total. The van der Waals surface area contributed by atoms with Crippen molar-refractivity contribution < 1.29 is 10.2 Å². The first-order chi connectivity index (χ1) is 16.3. The van der Waals surface area contributed by atoms with Gasteiger partial charge in [-0.05, 0) is 84.3 Å². The molecule has 4 aromatic rings. The number of nitrogens with zero attached hydrogens (tertiary/aromatic N) is 1. The maximum absolute atomic E-state index is 9.13. The monoisotopic (exact) mass is 437 g/mol. The molecule has 0 radical (unpaired) electrons. The van der Waals surface area contributed by atoms with Gasteiger partial charge in [-0.1, -0.05) is 66.7 Å². The third kappa shape index (κ3) is 5.89. The Labute approximate surface area is 196 Å². The van der Waals surface area contributed by atoms with Gasteiger partial charge in [0.1, 0.15) is 0 Å². The predicted molar refractivity (Wildman–Crippen MR) is 137 cm³/mol. The fraction of sp³-hybridized carbons (Fsp3) is 0.200. The minimum atomic E-state index is 0.213. The molecule has 0 aliphatic heterocycles. The highest BCUT2D eigenvalue weighted by molar-refractivity contribution is 5.78. The summed E-state index contributed by atoms with van der Waals surface area (Å²) < 4.78 is 0. The van der Waals surface area contributed by atoms with E-state index in [0.717, 1.165) is 42.7 Å². The topological polar surface area (TPSA) is 43.7 Å². The van der Waals surface area contributed by atoms with Crippen molar-refractivity contribution in [2.75, 3.05) is 18.1 Å². The van der Waals surface area contributed by atoms with Crippen LogP contribution in [0.5, 0.6) is 0 Å². The standard InChI is InChI=1S/C30H31NO2/c32-22-4-6-24-10-16-28(17-11-24)31(29-18-12-25(13-19-29)7-5-23-33)30-20-14-27(15-21-30)26-8-2-1-3-9-26/h1-3,8-21,32-33H,4-7,22-23H2. The Bertz CT molecular complexity index is 1050. The molecule has 0 atom stereocenters. The summed E-state index contributed by atoms with van der Waals surface area (Å²) in [5, 5.41) is 18.3. The average Bonchev–Trinajstić information content (AvgIpc) is 2.89. The Hall–Kier alpha value is -3.40. The van der Waals surface area contributed by atoms with Gasteiger partial charge in [-0.25, -0.2) is 0 Å². The second-order valence-corrected chi connectivity index (χ2v) is 8.24. The first-order valence-corrected chi connectivity index (χ1v) is 11.6. The second kappa shape index (κ2) is 11.5. The van der Waals surface area contributed by atoms with E-state index in [1.165, 1.54) is 22.3 Å². The number of hydrogen-bond acceptors (Lipinski definition) is 3. The molecule has 4 aromatic carbocycles. The highest BCUT2D eigenvalue weighted by Crippen LogP contribution is 2.36. The van der Waals surface area contributed by atoms with Crippen LogP contribution >= 0.6 is 0 Å². The minimum Gasteiger partial charge on any atom is -0.396 e. The van der Waals surface area contributed by atoms with Gasteiger partial charge in [-0.15, -0.1) is 0 Å². The van der Waals surface area contributed by atoms with Gasteiger partial charge >= 0.3 is 0 Å². The van der Waals surface area contributed by atoms with E-state index < -0.39 is 0 Å². The minimum absolute atomic E-state index is 0.213. The summed E-state index contributed by atoms with van der Waals surface area (Å²) in [7, 11) is 0. The second-order valence-electron chi connectivity index (χ2n) is 8.24. The lowest BCUT2D eigenvalue weighted by Gasteiger charge is -2.26. The summed E-state index contributed by atoms with van der Waals surface area (Å²) in [4.78, 5) is 2.26. The number of benzene rings is 4. The molecule has 3 heteroatoms. The van der Waals surface area contributed by atoms with Gasteiger partial charge in [0.2, 0.25) is 0 Å². The van der Waals surface area contributed by atoms with Gasteiger partial charge in [0.15, 0.2) is 0 Å². The molecule has 33 heavy (non-hydrogen) atoms. The van der Waals surface area contributed by atoms with E-state index in [4.69, 9.17) is 10.2 Å². The van der Waals surface area contributed by atoms with Crippen LogP contribution in [-0.2, 0) is 12.8 Å². The van der Waals surface area contributed by atoms with E-state index in [1.807, 2.05) is 6.07 Å². The largest absolute Gasteiger partial charge is 0.396 e. The molecule has 0 aliphatic rings. The smallest absolute Gasteiger partial charge is 0.0462 e. The van der Waals surface area contributed by atoms with Gasteiger partial charge in [0.05, 0.1) is 0 Å². The Morgan fingerprint density at radius 3 is 1.27 bits per heavy atom. The first kappa shape index (κ1) is 22.8. The highest BCUT2D eigenvalue weighted by atomic mass is 16.3. The molecule has 0 spiro atoms. The summed E-state index contributed by atoms with van der Waals surface area (Å²) in [5.74, 6) is 0. The van der Waals surface area contributed by atoms with E-state index in [9.17, 15) is 0 Å². The number of hydrogen-bond donors (Lipinski definition) is 2. The number of anilines is 3. The summed E-state index contributed by atoms with van der Waals surface area (Å²) in [6.07, 6.45) is 3.31. The summed E-state index contributed by atoms with van der Waals surface area (Å²) in [6, 6.07) is 36.3. The fourth-order valence-electron chi connectivity index (χ4n) is 4.07. The zero-order chi connectivity index (χ0) is 22.9. The Morgan fingerprint density at radius 1 is 0.455 bits per heavy atom. The van der Waals surface area contributed by atoms with Crippen LogP contribution in [0.25, 0.3) is 11.1 Å². The maximum atomic E-state index is 9.13. The fourth-order valence-corrected chi connectivity index (χ4v) is 4.07. The number of rotatable bonds is 10. The van der Waals surface area contributed by atoms with Crippen LogP contribution in [0, 0.1) is 0 Å². The van der Waals surface area contributed by atoms with Crippen molar-refractivity contribution in [3.63, 3.8) is 0 Å². The SMILES string of the molecule is OCCCc1ccc(N(c2ccc(CCCO)cc2)c2ccc(-c3ccccc3)cc2)cc1. The van der Waals surface area contributed by atoms with Crippen molar-refractivity contribution in [2.45, 2.75) is 25.7 Å². The normalized spacial score (nSPS) is 10.8. The zero-order valence-corrected chi connectivity index (χ0v) is 18.9. The number of aryl methyl sites for hydroxylation is 2. The van der Waals surface area contributed by atoms with Crippen LogP contribution in [0.15, 0.2) is 103 Å². The molecule has 0 aliphatic carbocycles. The van der Waals surface area contributed by atoms with Crippen LogP contribution in [0.4, 0.5) is 17.1 Å². The zero-order valence-electron chi connectivity index (χ0n) is 18.9. The number of aliphatic hydroxyl groups excluding tert-OH is 2. The van der Waals surface area contributed by atoms with Crippen molar-refractivity contribution in [2.24, 2.45) is 0 Å². The molecule has 168 valence electrons. The first-order valence-electron chi connectivity index (χ1n) is 11.6. The molecule has 4 rings (SSSR count). The van der Waals surface area contributed by atoms with Gasteiger partial charge < -0.3 is 15.1 Å². The van der Waals surface area contributed by atoms with Gasteiger partial charge in [-0.3, -0.25) is 0 Å². The number of aliphatic hydroxyl groups is 2. The van der Waals surface area contributed by atoms with Crippen molar-refractivity contribution in [1.82, 2.24) is 0 Å². The van der Waals surface area contributed by atoms with Crippen molar-refractivity contribution in [1.29, 1.82) is 0 Å². The molecule has 0 saturated carbocycles. The van der Waals surface area contributed by atoms with E-state index in [1.54, 1.807) is 0 Å². The lowest BCUT2D eigenvalue weighted by Crippen LogP contribution is -2.10. The molecule has 0 fully saturated rings. The van der Waals surface area contributed by atoms with E-state index >= 15 is 0 Å². The molecule has 0 amide bonds. The molecule has 0 bridgehead atoms. The summed E-state index contributed by atoms with van der Waals surface area (Å²) >= 11 is 0. The van der Waals surface area contributed by atoms with Gasteiger partial charge in [-0.2, -0.15) is 0 Å². The molecular weight excluding hydrogens is 406 g/mol. The Morgan fingerprint density at radius 2 is 0.848 bits per heavy atom. The average molecular weight is 438 g/mol. The van der Waals surface area contributed by atoms with Crippen LogP contribution in [0.1, 0.15) is 24.0 Å². The highest BCUT2D eigenvalue weighted by Gasteiger charge is 2.13. The molecule has 0 unspecified atom stereocenters. The van der Waals surface area contributed by atoms with Crippen LogP contribution in [-0.4, -0.2) is 23.4 Å². The van der Waals surface area contributed by atoms with Crippen molar-refractivity contribution >= 4 is 17.1 Å². The molecule has 3 nitrogen and oxygen atoms in total. The van der Waals surface area contributed by atoms with Crippen LogP contribution in [0.3, 0.4) is 0 Å². The van der Waals surface area contributed by atoms with E-state index in [0.29, 0.717) is 0 Å². The molecule has 0 heterocycles. The molecule has 0 aromatic heterocycles. The Balaban J connectivity index is 1.66.